The molecule has 0 radical (unpaired) electrons. The highest BCUT2D eigenvalue weighted by Crippen LogP contribution is 2.25. The minimum atomic E-state index is 0.0339. The molecule has 1 heterocycles. The summed E-state index contributed by atoms with van der Waals surface area (Å²) >= 11 is 0. The van der Waals surface area contributed by atoms with Gasteiger partial charge in [0, 0.05) is 13.0 Å². The van der Waals surface area contributed by atoms with Gasteiger partial charge < -0.3 is 14.8 Å². The molecule has 4 heteroatoms. The Kier molecular flexibility index (Phi) is 8.60. The van der Waals surface area contributed by atoms with Gasteiger partial charge in [0.2, 0.25) is 5.91 Å². The second kappa shape index (κ2) is 10.7. The molecule has 1 N–H and O–H groups in total. The van der Waals surface area contributed by atoms with E-state index in [0.29, 0.717) is 31.5 Å². The average molecular weight is 362 g/mol. The highest BCUT2D eigenvalue weighted by Gasteiger charge is 2.19. The maximum Gasteiger partial charge on any atom is 0.222 e. The molecule has 2 rings (SSSR count). The fourth-order valence-corrected chi connectivity index (χ4v) is 3.30. The largest absolute Gasteiger partial charge is 0.378 e. The van der Waals surface area contributed by atoms with Gasteiger partial charge in [-0.3, -0.25) is 4.79 Å². The minimum absolute atomic E-state index is 0.0339. The molecular formula is C22H35NO3. The molecule has 1 aromatic carbocycles. The molecule has 3 unspecified atom stereocenters. The summed E-state index contributed by atoms with van der Waals surface area (Å²) in [6.07, 6.45) is 3.91. The van der Waals surface area contributed by atoms with Crippen molar-refractivity contribution in [3.05, 3.63) is 35.4 Å². The Hall–Kier alpha value is -1.39. The Balaban J connectivity index is 1.81. The monoisotopic (exact) mass is 361 g/mol. The number of benzene rings is 1. The fraction of sp³-hybridized carbons (Fsp3) is 0.682. The number of rotatable bonds is 10. The molecule has 1 fully saturated rings. The van der Waals surface area contributed by atoms with Gasteiger partial charge in [0.25, 0.3) is 0 Å². The van der Waals surface area contributed by atoms with Gasteiger partial charge in [-0.15, -0.1) is 0 Å². The van der Waals surface area contributed by atoms with E-state index in [2.05, 4.69) is 57.3 Å². The lowest BCUT2D eigenvalue weighted by molar-refractivity contribution is -0.123. The molecule has 1 saturated heterocycles. The first-order chi connectivity index (χ1) is 12.5. The van der Waals surface area contributed by atoms with Gasteiger partial charge in [0.1, 0.15) is 0 Å². The Labute approximate surface area is 158 Å². The van der Waals surface area contributed by atoms with Gasteiger partial charge in [-0.25, -0.2) is 0 Å². The van der Waals surface area contributed by atoms with E-state index >= 15 is 0 Å². The van der Waals surface area contributed by atoms with Crippen LogP contribution in [0.2, 0.25) is 0 Å². The van der Waals surface area contributed by atoms with Crippen LogP contribution in [0.15, 0.2) is 24.3 Å². The van der Waals surface area contributed by atoms with Gasteiger partial charge in [-0.05, 0) is 42.2 Å². The zero-order valence-electron chi connectivity index (χ0n) is 16.8. The third-order valence-corrected chi connectivity index (χ3v) is 5.26. The number of hydrogen-bond acceptors (Lipinski definition) is 3. The Morgan fingerprint density at radius 3 is 2.50 bits per heavy atom. The van der Waals surface area contributed by atoms with Crippen LogP contribution >= 0.6 is 0 Å². The van der Waals surface area contributed by atoms with Crippen molar-refractivity contribution in [1.29, 1.82) is 0 Å². The van der Waals surface area contributed by atoms with Crippen LogP contribution in [-0.4, -0.2) is 31.8 Å². The lowest BCUT2D eigenvalue weighted by Crippen LogP contribution is -2.32. The Bertz CT molecular complexity index is 535. The summed E-state index contributed by atoms with van der Waals surface area (Å²) in [6.45, 7) is 10.6. The molecule has 0 aliphatic carbocycles. The van der Waals surface area contributed by atoms with E-state index in [4.69, 9.17) is 9.47 Å². The van der Waals surface area contributed by atoms with E-state index in [0.717, 1.165) is 25.9 Å². The smallest absolute Gasteiger partial charge is 0.222 e. The van der Waals surface area contributed by atoms with Gasteiger partial charge >= 0.3 is 0 Å². The molecule has 1 aliphatic heterocycles. The number of hydrogen-bond donors (Lipinski definition) is 1. The number of carbonyl (C=O) groups is 1. The number of amides is 1. The second-order valence-corrected chi connectivity index (χ2v) is 7.73. The SMILES string of the molecule is CCC(C)c1ccc(C(NC(=O)CCOCC2CCCO2)C(C)C)cc1. The van der Waals surface area contributed by atoms with Crippen molar-refractivity contribution < 1.29 is 14.3 Å². The molecule has 0 spiro atoms. The molecule has 1 amide bonds. The van der Waals surface area contributed by atoms with E-state index in [1.54, 1.807) is 0 Å². The van der Waals surface area contributed by atoms with Crippen LogP contribution in [0.5, 0.6) is 0 Å². The van der Waals surface area contributed by atoms with Crippen molar-refractivity contribution in [1.82, 2.24) is 5.32 Å². The minimum Gasteiger partial charge on any atom is -0.378 e. The van der Waals surface area contributed by atoms with Crippen LogP contribution in [0, 0.1) is 5.92 Å². The first-order valence-electron chi connectivity index (χ1n) is 10.1. The first kappa shape index (κ1) is 20.9. The van der Waals surface area contributed by atoms with Gasteiger partial charge in [0.05, 0.1) is 25.4 Å². The van der Waals surface area contributed by atoms with Crippen LogP contribution in [0.25, 0.3) is 0 Å². The Morgan fingerprint density at radius 2 is 1.92 bits per heavy atom. The third-order valence-electron chi connectivity index (χ3n) is 5.26. The van der Waals surface area contributed by atoms with Crippen LogP contribution in [0.3, 0.4) is 0 Å². The molecule has 1 aromatic rings. The lowest BCUT2D eigenvalue weighted by atomic mass is 9.92. The molecule has 0 bridgehead atoms. The highest BCUT2D eigenvalue weighted by atomic mass is 16.5. The molecule has 0 aromatic heterocycles. The van der Waals surface area contributed by atoms with Crippen LogP contribution in [-0.2, 0) is 14.3 Å². The quantitative estimate of drug-likeness (QED) is 0.620. The zero-order chi connectivity index (χ0) is 18.9. The summed E-state index contributed by atoms with van der Waals surface area (Å²) in [5, 5.41) is 3.17. The molecule has 4 nitrogen and oxygen atoms in total. The maximum absolute atomic E-state index is 12.3. The van der Waals surface area contributed by atoms with Crippen molar-refractivity contribution in [3.63, 3.8) is 0 Å². The summed E-state index contributed by atoms with van der Waals surface area (Å²) in [7, 11) is 0. The molecular weight excluding hydrogens is 326 g/mol. The van der Waals surface area contributed by atoms with Gasteiger partial charge in [-0.2, -0.15) is 0 Å². The first-order valence-corrected chi connectivity index (χ1v) is 10.1. The molecule has 146 valence electrons. The normalized spacial score (nSPS) is 19.5. The van der Waals surface area contributed by atoms with Gasteiger partial charge in [0.15, 0.2) is 0 Å². The lowest BCUT2D eigenvalue weighted by Gasteiger charge is -2.24. The van der Waals surface area contributed by atoms with Crippen molar-refractivity contribution in [3.8, 4) is 0 Å². The van der Waals surface area contributed by atoms with Crippen molar-refractivity contribution >= 4 is 5.91 Å². The van der Waals surface area contributed by atoms with E-state index in [-0.39, 0.29) is 18.1 Å². The van der Waals surface area contributed by atoms with E-state index < -0.39 is 0 Å². The van der Waals surface area contributed by atoms with Crippen LogP contribution in [0.1, 0.15) is 76.5 Å². The third kappa shape index (κ3) is 6.40. The van der Waals surface area contributed by atoms with E-state index in [1.807, 2.05) is 0 Å². The van der Waals surface area contributed by atoms with E-state index in [1.165, 1.54) is 11.1 Å². The van der Waals surface area contributed by atoms with E-state index in [9.17, 15) is 4.79 Å². The molecule has 26 heavy (non-hydrogen) atoms. The summed E-state index contributed by atoms with van der Waals surface area (Å²) < 4.78 is 11.1. The molecule has 1 aliphatic rings. The second-order valence-electron chi connectivity index (χ2n) is 7.73. The number of nitrogens with one attached hydrogen (secondary N) is 1. The predicted molar refractivity (Wildman–Crippen MR) is 105 cm³/mol. The summed E-state index contributed by atoms with van der Waals surface area (Å²) in [4.78, 5) is 12.3. The fourth-order valence-electron chi connectivity index (χ4n) is 3.30. The Morgan fingerprint density at radius 1 is 1.23 bits per heavy atom. The van der Waals surface area contributed by atoms with Crippen molar-refractivity contribution in [2.24, 2.45) is 5.92 Å². The topological polar surface area (TPSA) is 47.6 Å². The zero-order valence-corrected chi connectivity index (χ0v) is 16.8. The summed E-state index contributed by atoms with van der Waals surface area (Å²) in [5.74, 6) is 0.945. The summed E-state index contributed by atoms with van der Waals surface area (Å²) in [5.41, 5.74) is 2.52. The average Bonchev–Trinajstić information content (AvgIpc) is 3.16. The van der Waals surface area contributed by atoms with Gasteiger partial charge in [-0.1, -0.05) is 52.0 Å². The standard InChI is InChI=1S/C22H35NO3/c1-5-17(4)18-8-10-19(11-9-18)22(16(2)3)23-21(24)12-14-25-15-20-7-6-13-26-20/h8-11,16-17,20,22H,5-7,12-15H2,1-4H3,(H,23,24). The van der Waals surface area contributed by atoms with Crippen LogP contribution in [0.4, 0.5) is 0 Å². The summed E-state index contributed by atoms with van der Waals surface area (Å²) in [6, 6.07) is 8.72. The predicted octanol–water partition coefficient (Wildman–Crippen LogP) is 4.60. The maximum atomic E-state index is 12.3. The number of carbonyl (C=O) groups excluding carboxylic acids is 1. The van der Waals surface area contributed by atoms with Crippen LogP contribution < -0.4 is 5.32 Å². The number of ether oxygens (including phenoxy) is 2. The molecule has 3 atom stereocenters. The van der Waals surface area contributed by atoms with Crippen molar-refractivity contribution in [2.75, 3.05) is 19.8 Å². The molecule has 0 saturated carbocycles. The highest BCUT2D eigenvalue weighted by molar-refractivity contribution is 5.76. The van der Waals surface area contributed by atoms with Crippen molar-refractivity contribution in [2.45, 2.75) is 71.4 Å².